The molecule has 0 atom stereocenters. The smallest absolute Gasteiger partial charge is 0.330 e. The quantitative estimate of drug-likeness (QED) is 0.175. The zero-order chi connectivity index (χ0) is 21.5. The molecule has 0 bridgehead atoms. The number of unbranched alkanes of at least 4 members (excludes halogenated alkanes) is 3. The van der Waals surface area contributed by atoms with E-state index in [1.807, 2.05) is 0 Å². The molecule has 0 heterocycles. The third kappa shape index (κ3) is 10.8. The molecule has 0 fully saturated rings. The molecule has 29 heavy (non-hydrogen) atoms. The maximum absolute atomic E-state index is 12.1. The minimum absolute atomic E-state index is 0.121. The molecule has 9 heteroatoms. The van der Waals surface area contributed by atoms with Gasteiger partial charge in [0.2, 0.25) is 5.91 Å². The van der Waals surface area contributed by atoms with Gasteiger partial charge < -0.3 is 9.47 Å². The summed E-state index contributed by atoms with van der Waals surface area (Å²) in [5.41, 5.74) is 5.18. The van der Waals surface area contributed by atoms with Crippen LogP contribution in [-0.4, -0.2) is 36.1 Å². The Balaban J connectivity index is 2.35. The third-order valence-corrected chi connectivity index (χ3v) is 3.77. The van der Waals surface area contributed by atoms with E-state index in [2.05, 4.69) is 27.8 Å². The first-order chi connectivity index (χ1) is 14.0. The number of ether oxygens (including phenoxy) is 2. The summed E-state index contributed by atoms with van der Waals surface area (Å²) in [5.74, 6) is -1.01. The topological polar surface area (TPSA) is 106 Å². The maximum atomic E-state index is 12.1. The number of nitrogens with one attached hydrogen (secondary N) is 3. The van der Waals surface area contributed by atoms with Crippen molar-refractivity contribution in [2.45, 2.75) is 39.5 Å². The molecule has 3 N–H and O–H groups in total. The molecule has 1 rings (SSSR count). The summed E-state index contributed by atoms with van der Waals surface area (Å²) in [6, 6.07) is 6.69. The molecule has 0 spiro atoms. The van der Waals surface area contributed by atoms with Crippen LogP contribution in [0.4, 0.5) is 0 Å². The number of benzene rings is 1. The second-order valence-corrected chi connectivity index (χ2v) is 6.32. The van der Waals surface area contributed by atoms with Gasteiger partial charge in [-0.2, -0.15) is 0 Å². The van der Waals surface area contributed by atoms with Gasteiger partial charge in [-0.05, 0) is 49.8 Å². The Morgan fingerprint density at radius 3 is 2.38 bits per heavy atom. The average molecular weight is 422 g/mol. The molecular formula is C20H27N3O5S. The summed E-state index contributed by atoms with van der Waals surface area (Å²) < 4.78 is 10.3. The third-order valence-electron chi connectivity index (χ3n) is 3.57. The van der Waals surface area contributed by atoms with Gasteiger partial charge in [0, 0.05) is 17.7 Å². The molecule has 8 nitrogen and oxygen atoms in total. The van der Waals surface area contributed by atoms with Gasteiger partial charge in [0.25, 0.3) is 5.91 Å². The number of hydrazine groups is 1. The Morgan fingerprint density at radius 1 is 1.00 bits per heavy atom. The van der Waals surface area contributed by atoms with Crippen molar-refractivity contribution < 1.29 is 23.9 Å². The van der Waals surface area contributed by atoms with Gasteiger partial charge in [-0.3, -0.25) is 25.8 Å². The second-order valence-electron chi connectivity index (χ2n) is 5.92. The Bertz CT molecular complexity index is 719. The average Bonchev–Trinajstić information content (AvgIpc) is 2.71. The van der Waals surface area contributed by atoms with Crippen LogP contribution in [0.1, 0.15) is 49.9 Å². The fourth-order valence-electron chi connectivity index (χ4n) is 2.13. The van der Waals surface area contributed by atoms with Crippen LogP contribution < -0.4 is 20.9 Å². The van der Waals surface area contributed by atoms with E-state index in [0.29, 0.717) is 17.9 Å². The van der Waals surface area contributed by atoms with E-state index in [-0.39, 0.29) is 11.7 Å². The van der Waals surface area contributed by atoms with Gasteiger partial charge in [0.15, 0.2) is 5.11 Å². The van der Waals surface area contributed by atoms with Crippen LogP contribution >= 0.6 is 12.2 Å². The lowest BCUT2D eigenvalue weighted by Gasteiger charge is -2.10. The van der Waals surface area contributed by atoms with Gasteiger partial charge in [0.05, 0.1) is 13.2 Å². The zero-order valence-corrected chi connectivity index (χ0v) is 17.5. The summed E-state index contributed by atoms with van der Waals surface area (Å²) >= 11 is 4.90. The molecule has 158 valence electrons. The van der Waals surface area contributed by atoms with Gasteiger partial charge >= 0.3 is 5.97 Å². The lowest BCUT2D eigenvalue weighted by Crippen LogP contribution is -2.48. The lowest BCUT2D eigenvalue weighted by molar-refractivity contribution is -0.137. The highest BCUT2D eigenvalue weighted by atomic mass is 32.1. The Kier molecular flexibility index (Phi) is 11.7. The number of esters is 1. The number of rotatable bonds is 10. The molecule has 2 amide bonds. The molecule has 1 aromatic carbocycles. The summed E-state index contributed by atoms with van der Waals surface area (Å²) in [6.45, 7) is 4.67. The van der Waals surface area contributed by atoms with Crippen LogP contribution in [0.15, 0.2) is 36.4 Å². The van der Waals surface area contributed by atoms with E-state index in [1.165, 1.54) is 12.8 Å². The molecule has 0 saturated carbocycles. The first-order valence-corrected chi connectivity index (χ1v) is 9.86. The highest BCUT2D eigenvalue weighted by molar-refractivity contribution is 7.80. The summed E-state index contributed by atoms with van der Waals surface area (Å²) in [5, 5.41) is 2.16. The van der Waals surface area contributed by atoms with Crippen molar-refractivity contribution in [2.24, 2.45) is 0 Å². The number of carbonyl (C=O) groups is 3. The molecule has 0 aliphatic rings. The number of thiocarbonyl (C=S) groups is 1. The number of hydrogen-bond acceptors (Lipinski definition) is 6. The minimum Gasteiger partial charge on any atom is -0.494 e. The Labute approximate surface area is 176 Å². The monoisotopic (exact) mass is 421 g/mol. The van der Waals surface area contributed by atoms with Crippen molar-refractivity contribution in [3.8, 4) is 5.75 Å². The van der Waals surface area contributed by atoms with Crippen LogP contribution in [0.2, 0.25) is 0 Å². The normalized spacial score (nSPS) is 10.3. The van der Waals surface area contributed by atoms with Crippen LogP contribution in [0, 0.1) is 0 Å². The predicted octanol–water partition coefficient (Wildman–Crippen LogP) is 2.40. The zero-order valence-electron chi connectivity index (χ0n) is 16.7. The van der Waals surface area contributed by atoms with E-state index in [9.17, 15) is 14.4 Å². The van der Waals surface area contributed by atoms with Crippen molar-refractivity contribution >= 4 is 35.1 Å². The Hall–Kier alpha value is -2.94. The van der Waals surface area contributed by atoms with Crippen molar-refractivity contribution in [3.63, 3.8) is 0 Å². The summed E-state index contributed by atoms with van der Waals surface area (Å²) in [7, 11) is 0. The van der Waals surface area contributed by atoms with Gasteiger partial charge in [-0.1, -0.05) is 26.2 Å². The largest absolute Gasteiger partial charge is 0.494 e. The molecule has 0 aromatic heterocycles. The molecule has 0 aliphatic carbocycles. The summed E-state index contributed by atoms with van der Waals surface area (Å²) in [4.78, 5) is 34.8. The second kappa shape index (κ2) is 14.1. The van der Waals surface area contributed by atoms with Crippen LogP contribution in [-0.2, 0) is 14.3 Å². The fraction of sp³-hybridized carbons (Fsp3) is 0.400. The summed E-state index contributed by atoms with van der Waals surface area (Å²) in [6.07, 6.45) is 6.47. The van der Waals surface area contributed by atoms with Crippen LogP contribution in [0.5, 0.6) is 5.75 Å². The number of carbonyl (C=O) groups excluding carboxylic acids is 3. The van der Waals surface area contributed by atoms with Crippen LogP contribution in [0.25, 0.3) is 0 Å². The molecule has 0 aliphatic heterocycles. The van der Waals surface area contributed by atoms with Gasteiger partial charge in [-0.15, -0.1) is 0 Å². The molecule has 0 saturated heterocycles. The van der Waals surface area contributed by atoms with E-state index in [1.54, 1.807) is 31.2 Å². The molecule has 0 radical (unpaired) electrons. The van der Waals surface area contributed by atoms with Crippen molar-refractivity contribution in [1.29, 1.82) is 0 Å². The van der Waals surface area contributed by atoms with E-state index in [0.717, 1.165) is 25.0 Å². The van der Waals surface area contributed by atoms with Gasteiger partial charge in [0.1, 0.15) is 5.75 Å². The van der Waals surface area contributed by atoms with Crippen LogP contribution in [0.3, 0.4) is 0 Å². The van der Waals surface area contributed by atoms with Gasteiger partial charge in [-0.25, -0.2) is 4.79 Å². The highest BCUT2D eigenvalue weighted by Crippen LogP contribution is 2.13. The maximum Gasteiger partial charge on any atom is 0.330 e. The highest BCUT2D eigenvalue weighted by Gasteiger charge is 2.07. The van der Waals surface area contributed by atoms with E-state index in [4.69, 9.17) is 17.0 Å². The van der Waals surface area contributed by atoms with Crippen molar-refractivity contribution in [3.05, 3.63) is 42.0 Å². The fourth-order valence-corrected chi connectivity index (χ4v) is 2.28. The predicted molar refractivity (Wildman–Crippen MR) is 113 cm³/mol. The number of amides is 2. The lowest BCUT2D eigenvalue weighted by atomic mass is 10.2. The first-order valence-electron chi connectivity index (χ1n) is 9.45. The minimum atomic E-state index is -0.636. The SMILES string of the molecule is CCCCCCOc1ccc(C(=O)NNC(=S)NC(=O)C=CC(=O)OCC)cc1. The first kappa shape index (κ1) is 24.1. The Morgan fingerprint density at radius 2 is 1.72 bits per heavy atom. The molecular weight excluding hydrogens is 394 g/mol. The van der Waals surface area contributed by atoms with E-state index < -0.39 is 17.8 Å². The number of hydrogen-bond donors (Lipinski definition) is 3. The van der Waals surface area contributed by atoms with Crippen molar-refractivity contribution in [1.82, 2.24) is 16.2 Å². The molecule has 0 unspecified atom stereocenters. The van der Waals surface area contributed by atoms with E-state index >= 15 is 0 Å². The molecule has 1 aromatic rings. The van der Waals surface area contributed by atoms with Crippen molar-refractivity contribution in [2.75, 3.05) is 13.2 Å². The standard InChI is InChI=1S/C20H27N3O5S/c1-3-5-6-7-14-28-16-10-8-15(9-11-16)19(26)22-23-20(29)21-17(24)12-13-18(25)27-4-2/h8-13H,3-7,14H2,1-2H3,(H,22,26)(H2,21,23,24,29).